The second kappa shape index (κ2) is 8.13. The lowest BCUT2D eigenvalue weighted by atomic mass is 10.2. The number of hydrogen-bond acceptors (Lipinski definition) is 3. The fraction of sp³-hybridized carbons (Fsp3) is 0.647. The number of imidazole rings is 1. The van der Waals surface area contributed by atoms with Crippen LogP contribution < -0.4 is 0 Å². The number of aryl methyl sites for hydroxylation is 2. The molecule has 0 bridgehead atoms. The third-order valence-electron chi connectivity index (χ3n) is 3.63. The smallest absolute Gasteiger partial charge is 0.106 e. The van der Waals surface area contributed by atoms with Gasteiger partial charge in [0, 0.05) is 56.8 Å². The molecule has 122 valence electrons. The molecule has 2 aromatic rings. The summed E-state index contributed by atoms with van der Waals surface area (Å²) in [5, 5.41) is 4.26. The summed E-state index contributed by atoms with van der Waals surface area (Å²) in [5.74, 6) is 1.75. The maximum Gasteiger partial charge on any atom is 0.106 e. The SMILES string of the molecule is CCCCc1ncc(CN(Cc2cnn(C)c2)CC(C)C)[nH]1. The van der Waals surface area contributed by atoms with Gasteiger partial charge in [-0.15, -0.1) is 0 Å². The summed E-state index contributed by atoms with van der Waals surface area (Å²) in [6.45, 7) is 9.63. The largest absolute Gasteiger partial charge is 0.345 e. The van der Waals surface area contributed by atoms with Gasteiger partial charge < -0.3 is 4.98 Å². The molecule has 0 aliphatic carbocycles. The standard InChI is InChI=1S/C17H29N5/c1-5-6-7-17-18-9-16(20-17)13-22(10-14(2)3)12-15-8-19-21(4)11-15/h8-9,11,14H,5-7,10,12-13H2,1-4H3,(H,18,20). The van der Waals surface area contributed by atoms with E-state index in [0.29, 0.717) is 5.92 Å². The summed E-state index contributed by atoms with van der Waals surface area (Å²) in [4.78, 5) is 10.4. The molecule has 0 radical (unpaired) electrons. The number of rotatable bonds is 9. The Morgan fingerprint density at radius 2 is 2.09 bits per heavy atom. The highest BCUT2D eigenvalue weighted by Gasteiger charge is 2.12. The molecule has 5 heteroatoms. The van der Waals surface area contributed by atoms with Crippen LogP contribution in [0.5, 0.6) is 0 Å². The van der Waals surface area contributed by atoms with Crippen molar-refractivity contribution in [1.29, 1.82) is 0 Å². The van der Waals surface area contributed by atoms with Crippen molar-refractivity contribution in [3.8, 4) is 0 Å². The van der Waals surface area contributed by atoms with E-state index in [9.17, 15) is 0 Å². The lowest BCUT2D eigenvalue weighted by Gasteiger charge is -2.23. The van der Waals surface area contributed by atoms with Crippen LogP contribution in [0.3, 0.4) is 0 Å². The van der Waals surface area contributed by atoms with E-state index in [1.165, 1.54) is 24.1 Å². The topological polar surface area (TPSA) is 49.7 Å². The lowest BCUT2D eigenvalue weighted by Crippen LogP contribution is -2.27. The maximum absolute atomic E-state index is 4.50. The van der Waals surface area contributed by atoms with Crippen LogP contribution in [0.4, 0.5) is 0 Å². The van der Waals surface area contributed by atoms with Gasteiger partial charge in [0.2, 0.25) is 0 Å². The molecule has 5 nitrogen and oxygen atoms in total. The van der Waals surface area contributed by atoms with E-state index in [-0.39, 0.29) is 0 Å². The van der Waals surface area contributed by atoms with E-state index < -0.39 is 0 Å². The van der Waals surface area contributed by atoms with Crippen LogP contribution in [0.15, 0.2) is 18.6 Å². The van der Waals surface area contributed by atoms with Crippen LogP contribution in [0.25, 0.3) is 0 Å². The van der Waals surface area contributed by atoms with Gasteiger partial charge in [-0.25, -0.2) is 4.98 Å². The Labute approximate surface area is 133 Å². The Hall–Kier alpha value is -1.62. The number of nitrogens with one attached hydrogen (secondary N) is 1. The molecule has 2 heterocycles. The summed E-state index contributed by atoms with van der Waals surface area (Å²) in [6, 6.07) is 0. The van der Waals surface area contributed by atoms with Crippen molar-refractivity contribution in [2.45, 2.75) is 53.1 Å². The zero-order valence-electron chi connectivity index (χ0n) is 14.3. The molecule has 0 spiro atoms. The molecule has 2 rings (SSSR count). The molecular weight excluding hydrogens is 274 g/mol. The van der Waals surface area contributed by atoms with Gasteiger partial charge >= 0.3 is 0 Å². The van der Waals surface area contributed by atoms with Crippen molar-refractivity contribution in [2.24, 2.45) is 13.0 Å². The first-order chi connectivity index (χ1) is 10.6. The highest BCUT2D eigenvalue weighted by molar-refractivity contribution is 5.05. The quantitative estimate of drug-likeness (QED) is 0.774. The molecule has 0 aliphatic rings. The summed E-state index contributed by atoms with van der Waals surface area (Å²) in [7, 11) is 1.96. The number of aromatic amines is 1. The van der Waals surface area contributed by atoms with E-state index in [2.05, 4.69) is 46.9 Å². The van der Waals surface area contributed by atoms with E-state index in [4.69, 9.17) is 0 Å². The summed E-state index contributed by atoms with van der Waals surface area (Å²) >= 11 is 0. The highest BCUT2D eigenvalue weighted by Crippen LogP contribution is 2.11. The Bertz CT molecular complexity index is 555. The summed E-state index contributed by atoms with van der Waals surface area (Å²) in [6.07, 6.45) is 9.47. The van der Waals surface area contributed by atoms with Crippen molar-refractivity contribution in [3.05, 3.63) is 35.7 Å². The van der Waals surface area contributed by atoms with Gasteiger partial charge in [-0.05, 0) is 12.3 Å². The van der Waals surface area contributed by atoms with Gasteiger partial charge in [-0.3, -0.25) is 9.58 Å². The van der Waals surface area contributed by atoms with E-state index >= 15 is 0 Å². The molecular formula is C17H29N5. The van der Waals surface area contributed by atoms with Crippen LogP contribution in [-0.4, -0.2) is 31.2 Å². The van der Waals surface area contributed by atoms with Gasteiger partial charge in [0.1, 0.15) is 5.82 Å². The zero-order chi connectivity index (χ0) is 15.9. The number of H-pyrrole nitrogens is 1. The minimum absolute atomic E-state index is 0.638. The second-order valence-corrected chi connectivity index (χ2v) is 6.54. The Balaban J connectivity index is 1.97. The number of nitrogens with zero attached hydrogens (tertiary/aromatic N) is 4. The second-order valence-electron chi connectivity index (χ2n) is 6.54. The van der Waals surface area contributed by atoms with E-state index in [1.54, 1.807) is 0 Å². The molecule has 22 heavy (non-hydrogen) atoms. The van der Waals surface area contributed by atoms with Crippen molar-refractivity contribution in [1.82, 2.24) is 24.6 Å². The van der Waals surface area contributed by atoms with Crippen molar-refractivity contribution >= 4 is 0 Å². The summed E-state index contributed by atoms with van der Waals surface area (Å²) in [5.41, 5.74) is 2.46. The Morgan fingerprint density at radius 1 is 1.27 bits per heavy atom. The van der Waals surface area contributed by atoms with Crippen LogP contribution in [-0.2, 0) is 26.6 Å². The molecule has 1 N–H and O–H groups in total. The molecule has 0 atom stereocenters. The molecule has 0 fully saturated rings. The molecule has 0 aromatic carbocycles. The van der Waals surface area contributed by atoms with Gasteiger partial charge in [-0.2, -0.15) is 5.10 Å². The Morgan fingerprint density at radius 3 is 2.73 bits per heavy atom. The van der Waals surface area contributed by atoms with Crippen LogP contribution >= 0.6 is 0 Å². The van der Waals surface area contributed by atoms with Crippen LogP contribution in [0, 0.1) is 5.92 Å². The third-order valence-corrected chi connectivity index (χ3v) is 3.63. The predicted octanol–water partition coefficient (Wildman–Crippen LogP) is 3.14. The zero-order valence-corrected chi connectivity index (χ0v) is 14.3. The van der Waals surface area contributed by atoms with Gasteiger partial charge in [0.05, 0.1) is 6.20 Å². The van der Waals surface area contributed by atoms with Crippen molar-refractivity contribution in [3.63, 3.8) is 0 Å². The molecule has 0 aliphatic heterocycles. The van der Waals surface area contributed by atoms with Crippen molar-refractivity contribution in [2.75, 3.05) is 6.54 Å². The molecule has 0 unspecified atom stereocenters. The average molecular weight is 303 g/mol. The number of aromatic nitrogens is 4. The van der Waals surface area contributed by atoms with E-state index in [1.807, 2.05) is 24.1 Å². The van der Waals surface area contributed by atoms with Crippen LogP contribution in [0.2, 0.25) is 0 Å². The van der Waals surface area contributed by atoms with Gasteiger partial charge in [0.25, 0.3) is 0 Å². The van der Waals surface area contributed by atoms with E-state index in [0.717, 1.165) is 31.9 Å². The molecule has 0 saturated heterocycles. The summed E-state index contributed by atoms with van der Waals surface area (Å²) < 4.78 is 1.86. The fourth-order valence-electron chi connectivity index (χ4n) is 2.71. The van der Waals surface area contributed by atoms with Gasteiger partial charge in [0.15, 0.2) is 0 Å². The molecule has 0 saturated carbocycles. The normalized spacial score (nSPS) is 11.7. The first-order valence-corrected chi connectivity index (χ1v) is 8.29. The maximum atomic E-state index is 4.50. The monoisotopic (exact) mass is 303 g/mol. The first kappa shape index (κ1) is 16.7. The first-order valence-electron chi connectivity index (χ1n) is 8.29. The number of unbranched alkanes of at least 4 members (excludes halogenated alkanes) is 1. The van der Waals surface area contributed by atoms with Gasteiger partial charge in [-0.1, -0.05) is 27.2 Å². The minimum Gasteiger partial charge on any atom is -0.345 e. The minimum atomic E-state index is 0.638. The molecule has 2 aromatic heterocycles. The Kier molecular flexibility index (Phi) is 6.19. The van der Waals surface area contributed by atoms with Crippen molar-refractivity contribution < 1.29 is 0 Å². The average Bonchev–Trinajstić information content (AvgIpc) is 3.05. The van der Waals surface area contributed by atoms with Crippen LogP contribution in [0.1, 0.15) is 50.7 Å². The highest BCUT2D eigenvalue weighted by atomic mass is 15.2. The third kappa shape index (κ3) is 5.30. The lowest BCUT2D eigenvalue weighted by molar-refractivity contribution is 0.225. The predicted molar refractivity (Wildman–Crippen MR) is 89.4 cm³/mol. The molecule has 0 amide bonds. The fourth-order valence-corrected chi connectivity index (χ4v) is 2.71. The number of hydrogen-bond donors (Lipinski definition) is 1.